The van der Waals surface area contributed by atoms with Crippen molar-refractivity contribution in [2.45, 2.75) is 6.92 Å². The lowest BCUT2D eigenvalue weighted by Gasteiger charge is -2.10. The van der Waals surface area contributed by atoms with Crippen LogP contribution in [0.15, 0.2) is 42.7 Å². The van der Waals surface area contributed by atoms with Crippen molar-refractivity contribution in [1.29, 1.82) is 0 Å². The van der Waals surface area contributed by atoms with Gasteiger partial charge in [-0.1, -0.05) is 22.9 Å². The van der Waals surface area contributed by atoms with Gasteiger partial charge in [0.15, 0.2) is 12.0 Å². The van der Waals surface area contributed by atoms with Gasteiger partial charge < -0.3 is 0 Å². The Morgan fingerprint density at radius 2 is 1.95 bits per heavy atom. The molecule has 0 aliphatic heterocycles. The van der Waals surface area contributed by atoms with Crippen LogP contribution in [0.2, 0.25) is 5.02 Å². The van der Waals surface area contributed by atoms with E-state index in [1.165, 1.54) is 0 Å². The highest BCUT2D eigenvalue weighted by atomic mass is 35.5. The summed E-state index contributed by atoms with van der Waals surface area (Å²) in [5, 5.41) is 8.63. The van der Waals surface area contributed by atoms with Crippen LogP contribution < -0.4 is 0 Å². The quantitative estimate of drug-likeness (QED) is 0.697. The third-order valence-corrected chi connectivity index (χ3v) is 3.40. The fourth-order valence-corrected chi connectivity index (χ4v) is 2.30. The summed E-state index contributed by atoms with van der Waals surface area (Å²) in [4.78, 5) is 15.2. The van der Waals surface area contributed by atoms with Crippen LogP contribution in [0.25, 0.3) is 16.9 Å². The van der Waals surface area contributed by atoms with E-state index in [9.17, 15) is 4.79 Å². The lowest BCUT2D eigenvalue weighted by Crippen LogP contribution is -2.02. The number of hydrogen-bond donors (Lipinski definition) is 0. The molecule has 0 radical (unpaired) electrons. The first-order chi connectivity index (χ1) is 10.2. The van der Waals surface area contributed by atoms with Crippen LogP contribution in [0, 0.1) is 6.92 Å². The van der Waals surface area contributed by atoms with Crippen LogP contribution in [0.4, 0.5) is 0 Å². The maximum absolute atomic E-state index is 11.2. The van der Waals surface area contributed by atoms with Crippen molar-refractivity contribution in [3.63, 3.8) is 0 Å². The SMILES string of the molecule is Cc1ccc(Cl)cc1-n1nnc(C=O)c1-c1ccncc1. The van der Waals surface area contributed by atoms with Gasteiger partial charge in [0, 0.05) is 23.0 Å². The zero-order valence-electron chi connectivity index (χ0n) is 11.2. The standard InChI is InChI=1S/C15H11ClN4O/c1-10-2-3-12(16)8-14(10)20-15(13(9-21)18-19-20)11-4-6-17-7-5-11/h2-9H,1H3. The number of carbonyl (C=O) groups excluding carboxylic acids is 1. The van der Waals surface area contributed by atoms with Gasteiger partial charge in [-0.3, -0.25) is 9.78 Å². The van der Waals surface area contributed by atoms with Gasteiger partial charge in [0.25, 0.3) is 0 Å². The maximum Gasteiger partial charge on any atom is 0.172 e. The van der Waals surface area contributed by atoms with Crippen molar-refractivity contribution in [3.8, 4) is 16.9 Å². The number of aromatic nitrogens is 4. The molecule has 2 aromatic heterocycles. The Balaban J connectivity index is 2.27. The molecule has 1 aromatic carbocycles. The lowest BCUT2D eigenvalue weighted by atomic mass is 10.1. The van der Waals surface area contributed by atoms with Crippen LogP contribution in [-0.2, 0) is 0 Å². The highest BCUT2D eigenvalue weighted by Crippen LogP contribution is 2.27. The summed E-state index contributed by atoms with van der Waals surface area (Å²) < 4.78 is 1.63. The van der Waals surface area contributed by atoms with Gasteiger partial charge >= 0.3 is 0 Å². The molecule has 3 aromatic rings. The van der Waals surface area contributed by atoms with E-state index in [1.807, 2.05) is 31.2 Å². The summed E-state index contributed by atoms with van der Waals surface area (Å²) in [5.41, 5.74) is 3.49. The highest BCUT2D eigenvalue weighted by molar-refractivity contribution is 6.30. The lowest BCUT2D eigenvalue weighted by molar-refractivity contribution is 0.111. The predicted octanol–water partition coefficient (Wildman–Crippen LogP) is 3.10. The number of nitrogens with zero attached hydrogens (tertiary/aromatic N) is 4. The van der Waals surface area contributed by atoms with E-state index in [4.69, 9.17) is 11.6 Å². The maximum atomic E-state index is 11.2. The summed E-state index contributed by atoms with van der Waals surface area (Å²) in [6.45, 7) is 1.95. The Bertz CT molecular complexity index is 799. The third-order valence-electron chi connectivity index (χ3n) is 3.16. The first-order valence-electron chi connectivity index (χ1n) is 6.28. The fourth-order valence-electron chi connectivity index (χ4n) is 2.13. The molecule has 2 heterocycles. The summed E-state index contributed by atoms with van der Waals surface area (Å²) in [7, 11) is 0. The number of aldehydes is 1. The fraction of sp³-hybridized carbons (Fsp3) is 0.0667. The molecule has 0 spiro atoms. The van der Waals surface area contributed by atoms with E-state index in [1.54, 1.807) is 23.1 Å². The molecule has 0 saturated heterocycles. The molecule has 0 bridgehead atoms. The molecule has 21 heavy (non-hydrogen) atoms. The molecule has 5 nitrogen and oxygen atoms in total. The minimum absolute atomic E-state index is 0.278. The number of pyridine rings is 1. The second-order valence-electron chi connectivity index (χ2n) is 4.52. The van der Waals surface area contributed by atoms with E-state index >= 15 is 0 Å². The minimum Gasteiger partial charge on any atom is -0.296 e. The van der Waals surface area contributed by atoms with Gasteiger partial charge in [0.2, 0.25) is 0 Å². The van der Waals surface area contributed by atoms with Gasteiger partial charge in [-0.15, -0.1) is 5.10 Å². The second-order valence-corrected chi connectivity index (χ2v) is 4.96. The monoisotopic (exact) mass is 298 g/mol. The topological polar surface area (TPSA) is 60.7 Å². The van der Waals surface area contributed by atoms with Crippen LogP contribution in [0.3, 0.4) is 0 Å². The zero-order chi connectivity index (χ0) is 14.8. The Morgan fingerprint density at radius 3 is 2.67 bits per heavy atom. The average Bonchev–Trinajstić information content (AvgIpc) is 2.94. The van der Waals surface area contributed by atoms with Crippen molar-refractivity contribution in [1.82, 2.24) is 20.0 Å². The highest BCUT2D eigenvalue weighted by Gasteiger charge is 2.17. The number of carbonyl (C=O) groups is 1. The molecule has 0 atom stereocenters. The molecular weight excluding hydrogens is 288 g/mol. The van der Waals surface area contributed by atoms with Gasteiger partial charge in [0.05, 0.1) is 5.69 Å². The van der Waals surface area contributed by atoms with Crippen molar-refractivity contribution in [2.75, 3.05) is 0 Å². The van der Waals surface area contributed by atoms with Gasteiger partial charge in [-0.05, 0) is 36.8 Å². The number of hydrogen-bond acceptors (Lipinski definition) is 4. The van der Waals surface area contributed by atoms with E-state index in [0.717, 1.165) is 16.8 Å². The number of rotatable bonds is 3. The molecule has 104 valence electrons. The molecule has 0 unspecified atom stereocenters. The van der Waals surface area contributed by atoms with Crippen molar-refractivity contribution in [2.24, 2.45) is 0 Å². The van der Waals surface area contributed by atoms with E-state index < -0.39 is 0 Å². The van der Waals surface area contributed by atoms with Crippen molar-refractivity contribution >= 4 is 17.9 Å². The minimum atomic E-state index is 0.278. The molecular formula is C15H11ClN4O. The molecule has 0 N–H and O–H groups in total. The van der Waals surface area contributed by atoms with Gasteiger partial charge in [0.1, 0.15) is 5.69 Å². The largest absolute Gasteiger partial charge is 0.296 e. The molecule has 6 heteroatoms. The number of aryl methyl sites for hydroxylation is 1. The molecule has 0 fully saturated rings. The first-order valence-corrected chi connectivity index (χ1v) is 6.66. The van der Waals surface area contributed by atoms with E-state index in [2.05, 4.69) is 15.3 Å². The van der Waals surface area contributed by atoms with Gasteiger partial charge in [-0.25, -0.2) is 4.68 Å². The van der Waals surface area contributed by atoms with Crippen LogP contribution in [0.5, 0.6) is 0 Å². The molecule has 0 amide bonds. The van der Waals surface area contributed by atoms with Crippen molar-refractivity contribution < 1.29 is 4.79 Å². The number of halogens is 1. The Hall–Kier alpha value is -2.53. The number of benzene rings is 1. The van der Waals surface area contributed by atoms with Crippen LogP contribution in [-0.4, -0.2) is 26.3 Å². The predicted molar refractivity (Wildman–Crippen MR) is 79.7 cm³/mol. The normalized spacial score (nSPS) is 10.6. The Labute approximate surface area is 126 Å². The van der Waals surface area contributed by atoms with Crippen LogP contribution in [0.1, 0.15) is 16.1 Å². The zero-order valence-corrected chi connectivity index (χ0v) is 11.9. The summed E-state index contributed by atoms with van der Waals surface area (Å²) >= 11 is 6.06. The Morgan fingerprint density at radius 1 is 1.19 bits per heavy atom. The molecule has 0 saturated carbocycles. The van der Waals surface area contributed by atoms with E-state index in [0.29, 0.717) is 17.0 Å². The first kappa shape index (κ1) is 13.5. The van der Waals surface area contributed by atoms with Crippen LogP contribution >= 0.6 is 11.6 Å². The summed E-state index contributed by atoms with van der Waals surface area (Å²) in [5.74, 6) is 0. The van der Waals surface area contributed by atoms with E-state index in [-0.39, 0.29) is 5.69 Å². The molecule has 0 aliphatic rings. The summed E-state index contributed by atoms with van der Waals surface area (Å²) in [6.07, 6.45) is 4.01. The average molecular weight is 299 g/mol. The smallest absolute Gasteiger partial charge is 0.172 e. The van der Waals surface area contributed by atoms with Gasteiger partial charge in [-0.2, -0.15) is 0 Å². The Kier molecular flexibility index (Phi) is 3.50. The summed E-state index contributed by atoms with van der Waals surface area (Å²) in [6, 6.07) is 9.12. The third kappa shape index (κ3) is 2.43. The van der Waals surface area contributed by atoms with Crippen molar-refractivity contribution in [3.05, 3.63) is 59.0 Å². The molecule has 0 aliphatic carbocycles. The second kappa shape index (κ2) is 5.46. The molecule has 3 rings (SSSR count).